The number of halogens is 1. The molecular formula is C18H22ClN3O5. The summed E-state index contributed by atoms with van der Waals surface area (Å²) in [5, 5.41) is 25.1. The van der Waals surface area contributed by atoms with Crippen LogP contribution in [0.4, 0.5) is 11.4 Å². The van der Waals surface area contributed by atoms with E-state index in [-0.39, 0.29) is 18.2 Å². The lowest BCUT2D eigenvalue weighted by Gasteiger charge is -2.39. The Hall–Kier alpha value is -2.32. The number of hydrogen-bond acceptors (Lipinski definition) is 6. The molecule has 0 aliphatic carbocycles. The molecule has 1 aromatic rings. The van der Waals surface area contributed by atoms with E-state index in [0.717, 1.165) is 5.69 Å². The molecular weight excluding hydrogens is 374 g/mol. The van der Waals surface area contributed by atoms with Gasteiger partial charge in [-0.2, -0.15) is 0 Å². The van der Waals surface area contributed by atoms with Crippen LogP contribution in [0.15, 0.2) is 18.2 Å². The number of amides is 2. The molecule has 1 aromatic carbocycles. The molecule has 4 N–H and O–H groups in total. The van der Waals surface area contributed by atoms with Gasteiger partial charge in [0.2, 0.25) is 11.8 Å². The molecule has 2 aliphatic heterocycles. The molecule has 27 heavy (non-hydrogen) atoms. The SMILES string of the molecule is O=C(O)CC1(O)CCN(c2ccc(NC3CCC(=O)NC3=O)cc2Cl)CC1. The van der Waals surface area contributed by atoms with Gasteiger partial charge in [0.05, 0.1) is 22.7 Å². The van der Waals surface area contributed by atoms with Crippen LogP contribution >= 0.6 is 11.6 Å². The van der Waals surface area contributed by atoms with Crippen molar-refractivity contribution in [3.8, 4) is 0 Å². The Morgan fingerprint density at radius 2 is 2.04 bits per heavy atom. The van der Waals surface area contributed by atoms with Crippen LogP contribution in [-0.4, -0.2) is 52.7 Å². The van der Waals surface area contributed by atoms with E-state index in [4.69, 9.17) is 16.7 Å². The minimum absolute atomic E-state index is 0.261. The van der Waals surface area contributed by atoms with Gasteiger partial charge in [0, 0.05) is 25.2 Å². The molecule has 1 atom stereocenters. The van der Waals surface area contributed by atoms with Crippen LogP contribution in [-0.2, 0) is 14.4 Å². The number of piperidine rings is 2. The zero-order chi connectivity index (χ0) is 19.6. The molecule has 9 heteroatoms. The van der Waals surface area contributed by atoms with Crippen LogP contribution in [0.2, 0.25) is 5.02 Å². The first-order valence-corrected chi connectivity index (χ1v) is 9.22. The number of anilines is 2. The molecule has 2 saturated heterocycles. The monoisotopic (exact) mass is 395 g/mol. The van der Waals surface area contributed by atoms with E-state index < -0.39 is 17.6 Å². The summed E-state index contributed by atoms with van der Waals surface area (Å²) in [4.78, 5) is 35.9. The average molecular weight is 396 g/mol. The fourth-order valence-corrected chi connectivity index (χ4v) is 3.81. The van der Waals surface area contributed by atoms with Gasteiger partial charge in [0.1, 0.15) is 6.04 Å². The van der Waals surface area contributed by atoms with Crippen LogP contribution < -0.4 is 15.5 Å². The molecule has 0 bridgehead atoms. The Bertz CT molecular complexity index is 761. The van der Waals surface area contributed by atoms with Crippen molar-refractivity contribution in [3.05, 3.63) is 23.2 Å². The van der Waals surface area contributed by atoms with E-state index in [9.17, 15) is 19.5 Å². The molecule has 8 nitrogen and oxygen atoms in total. The Labute approximate surface area is 161 Å². The van der Waals surface area contributed by atoms with Crippen molar-refractivity contribution in [2.24, 2.45) is 0 Å². The van der Waals surface area contributed by atoms with Crippen LogP contribution in [0.3, 0.4) is 0 Å². The van der Waals surface area contributed by atoms with Crippen LogP contribution in [0.1, 0.15) is 32.1 Å². The van der Waals surface area contributed by atoms with Crippen molar-refractivity contribution < 1.29 is 24.6 Å². The number of carboxylic acids is 1. The second-order valence-corrected chi connectivity index (χ2v) is 7.50. The minimum Gasteiger partial charge on any atom is -0.481 e. The van der Waals surface area contributed by atoms with Crippen LogP contribution in [0, 0.1) is 0 Å². The largest absolute Gasteiger partial charge is 0.481 e. The second kappa shape index (κ2) is 7.74. The highest BCUT2D eigenvalue weighted by Gasteiger charge is 2.35. The zero-order valence-electron chi connectivity index (χ0n) is 14.7. The highest BCUT2D eigenvalue weighted by Crippen LogP contribution is 2.34. The first kappa shape index (κ1) is 19.4. The lowest BCUT2D eigenvalue weighted by molar-refractivity contribution is -0.143. The van der Waals surface area contributed by atoms with E-state index in [1.807, 2.05) is 17.0 Å². The Morgan fingerprint density at radius 1 is 1.33 bits per heavy atom. The topological polar surface area (TPSA) is 119 Å². The van der Waals surface area contributed by atoms with Crippen LogP contribution in [0.5, 0.6) is 0 Å². The summed E-state index contributed by atoms with van der Waals surface area (Å²) >= 11 is 6.40. The summed E-state index contributed by atoms with van der Waals surface area (Å²) in [7, 11) is 0. The van der Waals surface area contributed by atoms with E-state index in [1.165, 1.54) is 0 Å². The quantitative estimate of drug-likeness (QED) is 0.556. The highest BCUT2D eigenvalue weighted by atomic mass is 35.5. The van der Waals surface area contributed by atoms with Crippen molar-refractivity contribution in [1.29, 1.82) is 0 Å². The number of benzene rings is 1. The Kier molecular flexibility index (Phi) is 5.57. The minimum atomic E-state index is -1.18. The van der Waals surface area contributed by atoms with Gasteiger partial charge in [0.15, 0.2) is 0 Å². The summed E-state index contributed by atoms with van der Waals surface area (Å²) in [6, 6.07) is 4.88. The molecule has 1 unspecified atom stereocenters. The van der Waals surface area contributed by atoms with Gasteiger partial charge < -0.3 is 20.4 Å². The number of nitrogens with one attached hydrogen (secondary N) is 2. The number of carbonyl (C=O) groups excluding carboxylic acids is 2. The van der Waals surface area contributed by atoms with Gasteiger partial charge in [0.25, 0.3) is 0 Å². The van der Waals surface area contributed by atoms with Crippen molar-refractivity contribution in [1.82, 2.24) is 5.32 Å². The number of carbonyl (C=O) groups is 3. The maximum absolute atomic E-state index is 11.8. The second-order valence-electron chi connectivity index (χ2n) is 7.10. The molecule has 3 rings (SSSR count). The molecule has 2 fully saturated rings. The molecule has 0 spiro atoms. The lowest BCUT2D eigenvalue weighted by atomic mass is 9.88. The van der Waals surface area contributed by atoms with Gasteiger partial charge in [-0.1, -0.05) is 11.6 Å². The van der Waals surface area contributed by atoms with Gasteiger partial charge in [-0.3, -0.25) is 19.7 Å². The lowest BCUT2D eigenvalue weighted by Crippen LogP contribution is -2.47. The Morgan fingerprint density at radius 3 is 2.63 bits per heavy atom. The van der Waals surface area contributed by atoms with Crippen LogP contribution in [0.25, 0.3) is 0 Å². The van der Waals surface area contributed by atoms with Crippen molar-refractivity contribution in [2.45, 2.75) is 43.7 Å². The highest BCUT2D eigenvalue weighted by molar-refractivity contribution is 6.33. The molecule has 0 aromatic heterocycles. The number of hydrogen-bond donors (Lipinski definition) is 4. The van der Waals surface area contributed by atoms with E-state index >= 15 is 0 Å². The van der Waals surface area contributed by atoms with Crippen molar-refractivity contribution >= 4 is 40.8 Å². The fraction of sp³-hybridized carbons (Fsp3) is 0.500. The maximum atomic E-state index is 11.8. The number of rotatable bonds is 5. The summed E-state index contributed by atoms with van der Waals surface area (Å²) < 4.78 is 0. The van der Waals surface area contributed by atoms with E-state index in [2.05, 4.69) is 10.6 Å². The molecule has 0 saturated carbocycles. The average Bonchev–Trinajstić information content (AvgIpc) is 2.58. The fourth-order valence-electron chi connectivity index (χ4n) is 3.51. The number of nitrogens with zero attached hydrogens (tertiary/aromatic N) is 1. The Balaban J connectivity index is 1.63. The summed E-state index contributed by atoms with van der Waals surface area (Å²) in [5.74, 6) is -1.62. The standard InChI is InChI=1S/C18H22ClN3O5/c19-12-9-11(20-13-2-4-15(23)21-17(13)26)1-3-14(12)22-7-5-18(27,6-8-22)10-16(24)25/h1,3,9,13,20,27H,2,4-8,10H2,(H,24,25)(H,21,23,26). The molecule has 0 radical (unpaired) electrons. The summed E-state index contributed by atoms with van der Waals surface area (Å²) in [6.07, 6.45) is 1.17. The predicted octanol–water partition coefficient (Wildman–Crippen LogP) is 1.36. The normalized spacial score (nSPS) is 22.3. The van der Waals surface area contributed by atoms with Gasteiger partial charge in [-0.15, -0.1) is 0 Å². The third-order valence-corrected chi connectivity index (χ3v) is 5.35. The summed E-state index contributed by atoms with van der Waals surface area (Å²) in [5.41, 5.74) is 0.294. The first-order valence-electron chi connectivity index (χ1n) is 8.85. The third kappa shape index (κ3) is 4.70. The summed E-state index contributed by atoms with van der Waals surface area (Å²) in [6.45, 7) is 1.01. The third-order valence-electron chi connectivity index (χ3n) is 5.04. The number of carboxylic acid groups (broad SMARTS) is 1. The molecule has 2 amide bonds. The predicted molar refractivity (Wildman–Crippen MR) is 99.9 cm³/mol. The van der Waals surface area contributed by atoms with Gasteiger partial charge in [-0.25, -0.2) is 0 Å². The molecule has 146 valence electrons. The van der Waals surface area contributed by atoms with Crippen molar-refractivity contribution in [2.75, 3.05) is 23.3 Å². The molecule has 2 aliphatic rings. The smallest absolute Gasteiger partial charge is 0.306 e. The molecule has 2 heterocycles. The number of aliphatic carboxylic acids is 1. The maximum Gasteiger partial charge on any atom is 0.306 e. The van der Waals surface area contributed by atoms with E-state index in [1.54, 1.807) is 6.07 Å². The van der Waals surface area contributed by atoms with Crippen molar-refractivity contribution in [3.63, 3.8) is 0 Å². The van der Waals surface area contributed by atoms with Gasteiger partial charge in [-0.05, 0) is 37.5 Å². The number of aliphatic hydroxyl groups is 1. The number of imide groups is 1. The van der Waals surface area contributed by atoms with E-state index in [0.29, 0.717) is 49.5 Å². The first-order chi connectivity index (χ1) is 12.8. The van der Waals surface area contributed by atoms with Gasteiger partial charge >= 0.3 is 5.97 Å². The zero-order valence-corrected chi connectivity index (χ0v) is 15.5.